The maximum Gasteiger partial charge on any atom is 0.0726 e. The molecule has 0 saturated heterocycles. The average Bonchev–Trinajstić information content (AvgIpc) is 3.58. The van der Waals surface area contributed by atoms with Crippen molar-refractivity contribution in [2.75, 3.05) is 0 Å². The molecule has 0 radical (unpaired) electrons. The number of hydrogen-bond acceptors (Lipinski definition) is 0. The lowest BCUT2D eigenvalue weighted by atomic mass is 9.70. The third-order valence-electron chi connectivity index (χ3n) is 8.80. The van der Waals surface area contributed by atoms with Gasteiger partial charge in [-0.1, -0.05) is 109 Å². The fourth-order valence-electron chi connectivity index (χ4n) is 7.41. The van der Waals surface area contributed by atoms with Crippen LogP contribution >= 0.6 is 0 Å². The van der Waals surface area contributed by atoms with Gasteiger partial charge in [-0.05, 0) is 74.8 Å². The first-order valence-electron chi connectivity index (χ1n) is 13.3. The van der Waals surface area contributed by atoms with E-state index in [0.29, 0.717) is 0 Å². The molecule has 1 nitrogen and oxygen atoms in total. The van der Waals surface area contributed by atoms with Crippen molar-refractivity contribution in [3.63, 3.8) is 0 Å². The number of hydrogen-bond donors (Lipinski definition) is 0. The summed E-state index contributed by atoms with van der Waals surface area (Å²) in [6.45, 7) is 0. The van der Waals surface area contributed by atoms with E-state index in [2.05, 4.69) is 144 Å². The van der Waals surface area contributed by atoms with Crippen molar-refractivity contribution in [2.24, 2.45) is 0 Å². The second-order valence-corrected chi connectivity index (χ2v) is 10.5. The van der Waals surface area contributed by atoms with Crippen molar-refractivity contribution in [3.8, 4) is 27.9 Å². The Hall–Kier alpha value is -4.88. The van der Waals surface area contributed by atoms with Gasteiger partial charge in [-0.3, -0.25) is 0 Å². The molecule has 2 aliphatic carbocycles. The highest BCUT2D eigenvalue weighted by atomic mass is 15.0. The molecule has 0 N–H and O–H groups in total. The van der Waals surface area contributed by atoms with Crippen LogP contribution in [0.4, 0.5) is 0 Å². The minimum absolute atomic E-state index is 0.328. The van der Waals surface area contributed by atoms with Crippen molar-refractivity contribution < 1.29 is 0 Å². The molecule has 1 heteroatoms. The third-order valence-corrected chi connectivity index (χ3v) is 8.80. The highest BCUT2D eigenvalue weighted by molar-refractivity contribution is 6.12. The van der Waals surface area contributed by atoms with Crippen LogP contribution in [0.15, 0.2) is 140 Å². The largest absolute Gasteiger partial charge is 0.309 e. The minimum atomic E-state index is -0.328. The zero-order valence-corrected chi connectivity index (χ0v) is 20.7. The summed E-state index contributed by atoms with van der Waals surface area (Å²) in [5.41, 5.74) is 14.3. The van der Waals surface area contributed by atoms with E-state index in [0.717, 1.165) is 0 Å². The van der Waals surface area contributed by atoms with Crippen LogP contribution in [-0.2, 0) is 5.41 Å². The van der Waals surface area contributed by atoms with Crippen LogP contribution in [0.5, 0.6) is 0 Å². The summed E-state index contributed by atoms with van der Waals surface area (Å²) in [7, 11) is 0. The SMILES string of the molecule is c1ccc(-n2c3ccccc3c3cc4c(cc32)C2(c3ccccc3-c3ccccc32)c2ccccc2-4)cc1. The molecule has 9 rings (SSSR count). The van der Waals surface area contributed by atoms with Crippen LogP contribution in [0.1, 0.15) is 22.3 Å². The van der Waals surface area contributed by atoms with E-state index in [-0.39, 0.29) is 5.41 Å². The van der Waals surface area contributed by atoms with Gasteiger partial charge < -0.3 is 4.57 Å². The van der Waals surface area contributed by atoms with Crippen LogP contribution in [0.25, 0.3) is 49.7 Å². The molecule has 1 aromatic heterocycles. The Morgan fingerprint density at radius 2 is 0.895 bits per heavy atom. The number of para-hydroxylation sites is 2. The van der Waals surface area contributed by atoms with Gasteiger partial charge in [0.25, 0.3) is 0 Å². The zero-order chi connectivity index (χ0) is 24.8. The summed E-state index contributed by atoms with van der Waals surface area (Å²) < 4.78 is 2.44. The summed E-state index contributed by atoms with van der Waals surface area (Å²) >= 11 is 0. The standard InChI is InChI=1S/C37H23N/c1-2-12-24(13-3-1)38-35-21-11-7-17-28(35)30-22-29-27-16-6-10-20-33(27)37(34(29)23-36(30)38)31-18-8-4-14-25(31)26-15-5-9-19-32(26)37/h1-23H. The summed E-state index contributed by atoms with van der Waals surface area (Å²) in [4.78, 5) is 0. The normalized spacial score (nSPS) is 14.0. The summed E-state index contributed by atoms with van der Waals surface area (Å²) in [5, 5.41) is 2.59. The number of aromatic nitrogens is 1. The van der Waals surface area contributed by atoms with Crippen LogP contribution in [0.3, 0.4) is 0 Å². The Balaban J connectivity index is 1.50. The monoisotopic (exact) mass is 481 g/mol. The van der Waals surface area contributed by atoms with Gasteiger partial charge in [0.2, 0.25) is 0 Å². The maximum absolute atomic E-state index is 2.50. The molecule has 0 saturated carbocycles. The average molecular weight is 482 g/mol. The second-order valence-electron chi connectivity index (χ2n) is 10.5. The summed E-state index contributed by atoms with van der Waals surface area (Å²) in [6, 6.07) is 51.6. The first kappa shape index (κ1) is 20.2. The van der Waals surface area contributed by atoms with Gasteiger partial charge in [-0.15, -0.1) is 0 Å². The van der Waals surface area contributed by atoms with Crippen LogP contribution < -0.4 is 0 Å². The van der Waals surface area contributed by atoms with Crippen molar-refractivity contribution in [1.82, 2.24) is 4.57 Å². The van der Waals surface area contributed by atoms with Gasteiger partial charge >= 0.3 is 0 Å². The molecule has 0 fully saturated rings. The van der Waals surface area contributed by atoms with E-state index >= 15 is 0 Å². The van der Waals surface area contributed by atoms with Gasteiger partial charge in [0.15, 0.2) is 0 Å². The highest BCUT2D eigenvalue weighted by Gasteiger charge is 2.51. The molecule has 1 spiro atoms. The Morgan fingerprint density at radius 3 is 1.55 bits per heavy atom. The molecule has 1 heterocycles. The van der Waals surface area contributed by atoms with Crippen LogP contribution in [0, 0.1) is 0 Å². The number of rotatable bonds is 1. The van der Waals surface area contributed by atoms with E-state index in [4.69, 9.17) is 0 Å². The molecule has 0 unspecified atom stereocenters. The highest BCUT2D eigenvalue weighted by Crippen LogP contribution is 2.63. The van der Waals surface area contributed by atoms with E-state index in [1.807, 2.05) is 0 Å². The van der Waals surface area contributed by atoms with Crippen molar-refractivity contribution in [1.29, 1.82) is 0 Å². The lowest BCUT2D eigenvalue weighted by Gasteiger charge is -2.30. The third kappa shape index (κ3) is 2.29. The summed E-state index contributed by atoms with van der Waals surface area (Å²) in [6.07, 6.45) is 0. The maximum atomic E-state index is 2.50. The quantitative estimate of drug-likeness (QED) is 0.220. The van der Waals surface area contributed by atoms with E-state index < -0.39 is 0 Å². The Bertz CT molecular complexity index is 2030. The van der Waals surface area contributed by atoms with Gasteiger partial charge in [-0.25, -0.2) is 0 Å². The molecule has 0 aliphatic heterocycles. The number of nitrogens with zero attached hydrogens (tertiary/aromatic N) is 1. The lowest BCUT2D eigenvalue weighted by molar-refractivity contribution is 0.794. The first-order chi connectivity index (χ1) is 18.9. The van der Waals surface area contributed by atoms with Gasteiger partial charge in [-0.2, -0.15) is 0 Å². The molecule has 6 aromatic carbocycles. The molecule has 0 bridgehead atoms. The fraction of sp³-hybridized carbons (Fsp3) is 0.0270. The fourth-order valence-corrected chi connectivity index (χ4v) is 7.41. The molecule has 38 heavy (non-hydrogen) atoms. The van der Waals surface area contributed by atoms with E-state index in [1.54, 1.807) is 0 Å². The molecule has 0 amide bonds. The predicted molar refractivity (Wildman–Crippen MR) is 157 cm³/mol. The molecular weight excluding hydrogens is 458 g/mol. The topological polar surface area (TPSA) is 4.93 Å². The van der Waals surface area contributed by atoms with E-state index in [9.17, 15) is 0 Å². The van der Waals surface area contributed by atoms with Gasteiger partial charge in [0, 0.05) is 16.5 Å². The number of fused-ring (bicyclic) bond motifs is 13. The van der Waals surface area contributed by atoms with E-state index in [1.165, 1.54) is 72.0 Å². The Labute approximate surface area is 221 Å². The molecule has 0 atom stereocenters. The molecule has 176 valence electrons. The molecule has 7 aromatic rings. The van der Waals surface area contributed by atoms with Crippen molar-refractivity contribution in [2.45, 2.75) is 5.41 Å². The smallest absolute Gasteiger partial charge is 0.0726 e. The van der Waals surface area contributed by atoms with Crippen LogP contribution in [-0.4, -0.2) is 4.57 Å². The van der Waals surface area contributed by atoms with Crippen LogP contribution in [0.2, 0.25) is 0 Å². The zero-order valence-electron chi connectivity index (χ0n) is 20.7. The van der Waals surface area contributed by atoms with Crippen molar-refractivity contribution in [3.05, 3.63) is 162 Å². The van der Waals surface area contributed by atoms with Crippen molar-refractivity contribution >= 4 is 21.8 Å². The molecular formula is C37H23N. The Morgan fingerprint density at radius 1 is 0.368 bits per heavy atom. The van der Waals surface area contributed by atoms with Gasteiger partial charge in [0.05, 0.1) is 16.4 Å². The first-order valence-corrected chi connectivity index (χ1v) is 13.3. The lowest BCUT2D eigenvalue weighted by Crippen LogP contribution is -2.25. The second kappa shape index (κ2) is 7.12. The Kier molecular flexibility index (Phi) is 3.78. The molecule has 2 aliphatic rings. The van der Waals surface area contributed by atoms with Gasteiger partial charge in [0.1, 0.15) is 0 Å². The summed E-state index contributed by atoms with van der Waals surface area (Å²) in [5.74, 6) is 0. The predicted octanol–water partition coefficient (Wildman–Crippen LogP) is 9.13. The minimum Gasteiger partial charge on any atom is -0.309 e. The number of benzene rings is 6.